The van der Waals surface area contributed by atoms with Crippen molar-refractivity contribution in [2.24, 2.45) is 5.92 Å². The highest BCUT2D eigenvalue weighted by Crippen LogP contribution is 2.39. The maximum absolute atomic E-state index is 14.2. The molecular weight excluding hydrogens is 539 g/mol. The maximum Gasteiger partial charge on any atom is 0.417 e. The molecule has 1 aliphatic carbocycles. The molecule has 1 fully saturated rings. The van der Waals surface area contributed by atoms with E-state index < -0.39 is 47.9 Å². The molecular formula is C27H27F5N4O4. The number of carbonyl (C=O) groups is 2. The minimum Gasteiger partial charge on any atom is -0.618 e. The van der Waals surface area contributed by atoms with Crippen LogP contribution in [0.4, 0.5) is 27.6 Å². The lowest BCUT2D eigenvalue weighted by atomic mass is 9.81. The lowest BCUT2D eigenvalue weighted by Gasteiger charge is -2.34. The number of hydrogen-bond donors (Lipinski definition) is 2. The molecule has 0 aliphatic heterocycles. The van der Waals surface area contributed by atoms with Crippen LogP contribution in [0.5, 0.6) is 0 Å². The van der Waals surface area contributed by atoms with Crippen molar-refractivity contribution in [1.29, 1.82) is 0 Å². The monoisotopic (exact) mass is 566 g/mol. The number of aromatic nitrogens is 2. The number of nitrogens with zero attached hydrogens (tertiary/aromatic N) is 2. The molecule has 40 heavy (non-hydrogen) atoms. The fourth-order valence-corrected chi connectivity index (χ4v) is 4.99. The summed E-state index contributed by atoms with van der Waals surface area (Å²) in [5, 5.41) is 20.8. The quantitative estimate of drug-likeness (QED) is 0.225. The van der Waals surface area contributed by atoms with Crippen molar-refractivity contribution < 1.29 is 40.8 Å². The van der Waals surface area contributed by atoms with Gasteiger partial charge in [0.25, 0.3) is 5.91 Å². The molecule has 8 nitrogen and oxygen atoms in total. The summed E-state index contributed by atoms with van der Waals surface area (Å²) in [7, 11) is 0. The number of pyridine rings is 1. The first-order valence-corrected chi connectivity index (χ1v) is 12.6. The van der Waals surface area contributed by atoms with E-state index in [1.165, 1.54) is 31.2 Å². The summed E-state index contributed by atoms with van der Waals surface area (Å²) >= 11 is 0. The number of amides is 2. The highest BCUT2D eigenvalue weighted by Gasteiger charge is 2.42. The van der Waals surface area contributed by atoms with Crippen molar-refractivity contribution in [2.45, 2.75) is 64.1 Å². The molecule has 2 aromatic heterocycles. The van der Waals surface area contributed by atoms with Crippen LogP contribution in [0.25, 0.3) is 11.1 Å². The lowest BCUT2D eigenvalue weighted by Crippen LogP contribution is -2.51. The van der Waals surface area contributed by atoms with Crippen molar-refractivity contribution >= 4 is 17.5 Å². The second-order valence-corrected chi connectivity index (χ2v) is 9.77. The molecule has 0 saturated heterocycles. The number of carbonyl (C=O) groups excluding carboxylic acids is 2. The third-order valence-electron chi connectivity index (χ3n) is 7.03. The van der Waals surface area contributed by atoms with Gasteiger partial charge in [-0.3, -0.25) is 9.59 Å². The Morgan fingerprint density at radius 1 is 1.23 bits per heavy atom. The second kappa shape index (κ2) is 11.2. The first-order valence-electron chi connectivity index (χ1n) is 12.6. The van der Waals surface area contributed by atoms with Gasteiger partial charge in [-0.15, -0.1) is 0 Å². The van der Waals surface area contributed by atoms with Crippen LogP contribution in [0.1, 0.15) is 59.9 Å². The van der Waals surface area contributed by atoms with Crippen LogP contribution < -0.4 is 15.4 Å². The zero-order valence-corrected chi connectivity index (χ0v) is 21.6. The molecule has 1 saturated carbocycles. The van der Waals surface area contributed by atoms with E-state index in [-0.39, 0.29) is 47.3 Å². The van der Waals surface area contributed by atoms with Crippen molar-refractivity contribution in [2.75, 3.05) is 5.32 Å². The Morgan fingerprint density at radius 3 is 2.55 bits per heavy atom. The summed E-state index contributed by atoms with van der Waals surface area (Å²) in [6, 6.07) is 4.64. The molecule has 0 bridgehead atoms. The first kappa shape index (κ1) is 29.0. The molecule has 214 valence electrons. The summed E-state index contributed by atoms with van der Waals surface area (Å²) in [5.41, 5.74) is -0.784. The fraction of sp³-hybridized carbons (Fsp3) is 0.407. The SMILES string of the molecule is CCc1nocc1C(=O)N[C@H](C(=O)Nc1ccc(-c2c(C(F)(F)F)cc[n+]([O-])c2C)cc1)[C@H]1CCCC(F)(F)C1. The van der Waals surface area contributed by atoms with Crippen LogP contribution in [-0.4, -0.2) is 28.9 Å². The summed E-state index contributed by atoms with van der Waals surface area (Å²) in [4.78, 5) is 26.3. The van der Waals surface area contributed by atoms with E-state index >= 15 is 0 Å². The van der Waals surface area contributed by atoms with E-state index in [1.807, 2.05) is 0 Å². The van der Waals surface area contributed by atoms with E-state index in [0.717, 1.165) is 12.5 Å². The number of aryl methyl sites for hydroxylation is 1. The summed E-state index contributed by atoms with van der Waals surface area (Å²) in [6.07, 6.45) is -2.92. The minimum absolute atomic E-state index is 0.0848. The molecule has 2 atom stereocenters. The van der Waals surface area contributed by atoms with Gasteiger partial charge < -0.3 is 20.4 Å². The zero-order chi connectivity index (χ0) is 29.2. The smallest absolute Gasteiger partial charge is 0.417 e. The van der Waals surface area contributed by atoms with Crippen LogP contribution in [0.2, 0.25) is 0 Å². The lowest BCUT2D eigenvalue weighted by molar-refractivity contribution is -0.611. The molecule has 13 heteroatoms. The van der Waals surface area contributed by atoms with E-state index in [4.69, 9.17) is 4.52 Å². The number of halogens is 5. The van der Waals surface area contributed by atoms with E-state index in [2.05, 4.69) is 15.8 Å². The van der Waals surface area contributed by atoms with Gasteiger partial charge in [0, 0.05) is 31.5 Å². The van der Waals surface area contributed by atoms with Gasteiger partial charge in [0.1, 0.15) is 17.9 Å². The summed E-state index contributed by atoms with van der Waals surface area (Å²) in [6.45, 7) is 3.01. The van der Waals surface area contributed by atoms with Crippen LogP contribution in [0.3, 0.4) is 0 Å². The van der Waals surface area contributed by atoms with Gasteiger partial charge in [-0.1, -0.05) is 24.2 Å². The molecule has 2 heterocycles. The Morgan fingerprint density at radius 2 is 1.93 bits per heavy atom. The van der Waals surface area contributed by atoms with E-state index in [0.29, 0.717) is 22.9 Å². The largest absolute Gasteiger partial charge is 0.618 e. The summed E-state index contributed by atoms with van der Waals surface area (Å²) < 4.78 is 74.5. The van der Waals surface area contributed by atoms with E-state index in [1.54, 1.807) is 6.92 Å². The molecule has 0 unspecified atom stereocenters. The number of alkyl halides is 5. The molecule has 1 aliphatic rings. The molecule has 0 spiro atoms. The molecule has 4 rings (SSSR count). The number of rotatable bonds is 7. The van der Waals surface area contributed by atoms with Gasteiger partial charge in [0.15, 0.2) is 11.9 Å². The number of anilines is 1. The van der Waals surface area contributed by atoms with Gasteiger partial charge in [-0.05, 0) is 42.9 Å². The Labute approximate surface area is 226 Å². The Balaban J connectivity index is 1.59. The third-order valence-corrected chi connectivity index (χ3v) is 7.03. The molecule has 3 aromatic rings. The van der Waals surface area contributed by atoms with Crippen LogP contribution >= 0.6 is 0 Å². The van der Waals surface area contributed by atoms with Crippen molar-refractivity contribution in [1.82, 2.24) is 10.5 Å². The normalized spacial score (nSPS) is 17.7. The van der Waals surface area contributed by atoms with Crippen LogP contribution in [0.15, 0.2) is 47.3 Å². The minimum atomic E-state index is -4.71. The van der Waals surface area contributed by atoms with Crippen molar-refractivity contribution in [3.05, 3.63) is 70.5 Å². The fourth-order valence-electron chi connectivity index (χ4n) is 4.99. The molecule has 1 aromatic carbocycles. The Hall–Kier alpha value is -4.03. The number of nitrogens with one attached hydrogen (secondary N) is 2. The van der Waals surface area contributed by atoms with Crippen LogP contribution in [-0.2, 0) is 17.4 Å². The number of benzene rings is 1. The standard InChI is InChI=1S/C27H27F5N4O4/c1-3-21-19(14-40-35-21)24(37)34-23(17-5-4-11-26(28,29)13-17)25(38)33-18-8-6-16(7-9-18)22-15(2)36(39)12-10-20(22)27(30,31)32/h6-10,12,14,17,23H,3-5,11,13H2,1-2H3,(H,33,38)(H,34,37)/t17-,23-/m0/s1. The van der Waals surface area contributed by atoms with Crippen LogP contribution in [0, 0.1) is 18.0 Å². The predicted molar refractivity (Wildman–Crippen MR) is 133 cm³/mol. The Kier molecular flexibility index (Phi) is 8.13. The average molecular weight is 567 g/mol. The van der Waals surface area contributed by atoms with Gasteiger partial charge in [0.2, 0.25) is 11.8 Å². The second-order valence-electron chi connectivity index (χ2n) is 9.77. The highest BCUT2D eigenvalue weighted by molar-refractivity contribution is 6.01. The van der Waals surface area contributed by atoms with Gasteiger partial charge in [-0.2, -0.15) is 17.9 Å². The van der Waals surface area contributed by atoms with Crippen molar-refractivity contribution in [3.63, 3.8) is 0 Å². The highest BCUT2D eigenvalue weighted by atomic mass is 19.4. The topological polar surface area (TPSA) is 111 Å². The first-order chi connectivity index (χ1) is 18.8. The zero-order valence-electron chi connectivity index (χ0n) is 21.6. The van der Waals surface area contributed by atoms with Gasteiger partial charge in [0.05, 0.1) is 16.8 Å². The molecule has 2 N–H and O–H groups in total. The van der Waals surface area contributed by atoms with E-state index in [9.17, 15) is 36.7 Å². The predicted octanol–water partition coefficient (Wildman–Crippen LogP) is 5.43. The molecule has 0 radical (unpaired) electrons. The van der Waals surface area contributed by atoms with Gasteiger partial charge >= 0.3 is 6.18 Å². The summed E-state index contributed by atoms with van der Waals surface area (Å²) in [5.74, 6) is -5.33. The van der Waals surface area contributed by atoms with Gasteiger partial charge in [-0.25, -0.2) is 8.78 Å². The van der Waals surface area contributed by atoms with Crippen molar-refractivity contribution in [3.8, 4) is 11.1 Å². The average Bonchev–Trinajstić information content (AvgIpc) is 3.37. The Bertz CT molecular complexity index is 1390. The number of hydrogen-bond acceptors (Lipinski definition) is 5. The third kappa shape index (κ3) is 6.23. The molecule has 2 amide bonds. The maximum atomic E-state index is 14.2.